The highest BCUT2D eigenvalue weighted by Crippen LogP contribution is 2.15. The first-order valence-electron chi connectivity index (χ1n) is 8.64. The lowest BCUT2D eigenvalue weighted by molar-refractivity contribution is -0.124. The minimum absolute atomic E-state index is 0.522. The van der Waals surface area contributed by atoms with Gasteiger partial charge in [0.1, 0.15) is 0 Å². The summed E-state index contributed by atoms with van der Waals surface area (Å²) in [5, 5.41) is 13.3. The van der Waals surface area contributed by atoms with Gasteiger partial charge in [-0.2, -0.15) is 0 Å². The highest BCUT2D eigenvalue weighted by molar-refractivity contribution is 5.94. The van der Waals surface area contributed by atoms with Crippen LogP contribution in [-0.2, 0) is 17.8 Å². The minimum Gasteiger partial charge on any atom is -0.361 e. The number of nitrogens with one attached hydrogen (secondary N) is 3. The number of hydroxylamine groups is 1. The number of carbonyl (C=O) groups is 1. The Morgan fingerprint density at radius 2 is 1.88 bits per heavy atom. The Bertz CT molecular complexity index is 910. The zero-order valence-corrected chi connectivity index (χ0v) is 14.8. The van der Waals surface area contributed by atoms with Gasteiger partial charge in [0, 0.05) is 24.3 Å². The van der Waals surface area contributed by atoms with E-state index < -0.39 is 5.91 Å². The van der Waals surface area contributed by atoms with Gasteiger partial charge in [0.15, 0.2) is 0 Å². The highest BCUT2D eigenvalue weighted by atomic mass is 16.5. The van der Waals surface area contributed by atoms with Crippen molar-refractivity contribution in [1.29, 1.82) is 0 Å². The summed E-state index contributed by atoms with van der Waals surface area (Å²) in [6.07, 6.45) is 4.31. The number of fused-ring (bicyclic) bond motifs is 1. The van der Waals surface area contributed by atoms with Gasteiger partial charge in [-0.3, -0.25) is 10.0 Å². The van der Waals surface area contributed by atoms with Crippen molar-refractivity contribution < 1.29 is 10.0 Å². The number of aromatic nitrogens is 1. The summed E-state index contributed by atoms with van der Waals surface area (Å²) in [5.41, 5.74) is 7.04. The lowest BCUT2D eigenvalue weighted by atomic mass is 10.0. The molecular weight excluding hydrogens is 326 g/mol. The molecule has 1 amide bonds. The molecule has 0 spiro atoms. The van der Waals surface area contributed by atoms with E-state index in [-0.39, 0.29) is 0 Å². The molecule has 0 aliphatic rings. The van der Waals surface area contributed by atoms with E-state index >= 15 is 0 Å². The standard InChI is InChI=1S/C21H23N3O2/c1-15(12-21(25)24-26)18-5-2-17(3-6-18)14-22-10-8-16-4-7-20-19(13-16)9-11-23-20/h2-7,9,11-13,22-23,26H,8,10,14H2,1H3,(H,24,25)/b15-12+. The van der Waals surface area contributed by atoms with Crippen molar-refractivity contribution in [3.63, 3.8) is 0 Å². The summed E-state index contributed by atoms with van der Waals surface area (Å²) in [7, 11) is 0. The number of allylic oxidation sites excluding steroid dienone is 1. The lowest BCUT2D eigenvalue weighted by Gasteiger charge is -2.07. The number of rotatable bonds is 7. The number of aromatic amines is 1. The van der Waals surface area contributed by atoms with Crippen molar-refractivity contribution in [1.82, 2.24) is 15.8 Å². The van der Waals surface area contributed by atoms with E-state index in [1.165, 1.54) is 28.1 Å². The zero-order chi connectivity index (χ0) is 18.4. The molecule has 26 heavy (non-hydrogen) atoms. The maximum atomic E-state index is 11.2. The molecule has 2 aromatic carbocycles. The molecule has 0 bridgehead atoms. The Morgan fingerprint density at radius 3 is 2.65 bits per heavy atom. The Balaban J connectivity index is 1.48. The second kappa shape index (κ2) is 8.47. The van der Waals surface area contributed by atoms with Crippen LogP contribution in [0, 0.1) is 0 Å². The van der Waals surface area contributed by atoms with Crippen molar-refractivity contribution in [3.05, 3.63) is 77.5 Å². The minimum atomic E-state index is -0.522. The monoisotopic (exact) mass is 349 g/mol. The van der Waals surface area contributed by atoms with Crippen molar-refractivity contribution in [2.75, 3.05) is 6.54 Å². The predicted octanol–water partition coefficient (Wildman–Crippen LogP) is 3.41. The molecule has 5 heteroatoms. The molecule has 3 aromatic rings. The molecule has 5 nitrogen and oxygen atoms in total. The quantitative estimate of drug-likeness (QED) is 0.228. The van der Waals surface area contributed by atoms with Gasteiger partial charge in [0.25, 0.3) is 5.91 Å². The smallest absolute Gasteiger partial charge is 0.267 e. The van der Waals surface area contributed by atoms with Crippen molar-refractivity contribution in [3.8, 4) is 0 Å². The number of benzene rings is 2. The molecule has 0 aliphatic carbocycles. The molecule has 3 rings (SSSR count). The first kappa shape index (κ1) is 17.9. The molecule has 0 unspecified atom stereocenters. The van der Waals surface area contributed by atoms with Crippen LogP contribution in [0.2, 0.25) is 0 Å². The normalized spacial score (nSPS) is 11.7. The first-order valence-corrected chi connectivity index (χ1v) is 8.64. The second-order valence-corrected chi connectivity index (χ2v) is 6.33. The van der Waals surface area contributed by atoms with E-state index in [1.807, 2.05) is 37.4 Å². The van der Waals surface area contributed by atoms with Crippen LogP contribution in [0.3, 0.4) is 0 Å². The number of hydrogen-bond donors (Lipinski definition) is 4. The third-order valence-corrected chi connectivity index (χ3v) is 4.40. The summed E-state index contributed by atoms with van der Waals surface area (Å²) in [5.74, 6) is -0.522. The molecule has 0 radical (unpaired) electrons. The molecule has 0 atom stereocenters. The fourth-order valence-corrected chi connectivity index (χ4v) is 2.92. The van der Waals surface area contributed by atoms with E-state index in [0.717, 1.165) is 30.6 Å². The fourth-order valence-electron chi connectivity index (χ4n) is 2.92. The highest BCUT2D eigenvalue weighted by Gasteiger charge is 2.01. The predicted molar refractivity (Wildman–Crippen MR) is 104 cm³/mol. The number of hydrogen-bond acceptors (Lipinski definition) is 3. The Labute approximate surface area is 152 Å². The second-order valence-electron chi connectivity index (χ2n) is 6.33. The van der Waals surface area contributed by atoms with Gasteiger partial charge in [-0.1, -0.05) is 30.3 Å². The van der Waals surface area contributed by atoms with Crippen LogP contribution in [0.25, 0.3) is 16.5 Å². The third-order valence-electron chi connectivity index (χ3n) is 4.40. The summed E-state index contributed by atoms with van der Waals surface area (Å²) in [6.45, 7) is 3.55. The number of amides is 1. The molecule has 1 heterocycles. The van der Waals surface area contributed by atoms with E-state index in [2.05, 4.69) is 34.6 Å². The Kier molecular flexibility index (Phi) is 5.84. The van der Waals surface area contributed by atoms with Gasteiger partial charge >= 0.3 is 0 Å². The average Bonchev–Trinajstić information content (AvgIpc) is 3.13. The first-order chi connectivity index (χ1) is 12.7. The molecule has 1 aromatic heterocycles. The molecule has 0 aliphatic heterocycles. The Hall–Kier alpha value is -2.89. The van der Waals surface area contributed by atoms with Crippen LogP contribution in [0.1, 0.15) is 23.6 Å². The molecule has 0 saturated heterocycles. The molecule has 4 N–H and O–H groups in total. The third kappa shape index (κ3) is 4.59. The van der Waals surface area contributed by atoms with Crippen LogP contribution in [0.15, 0.2) is 60.8 Å². The maximum Gasteiger partial charge on any atom is 0.267 e. The number of H-pyrrole nitrogens is 1. The van der Waals surface area contributed by atoms with E-state index in [0.29, 0.717) is 0 Å². The van der Waals surface area contributed by atoms with Gasteiger partial charge in [-0.05, 0) is 65.7 Å². The Morgan fingerprint density at radius 1 is 1.12 bits per heavy atom. The molecule has 0 saturated carbocycles. The van der Waals surface area contributed by atoms with Crippen molar-refractivity contribution in [2.24, 2.45) is 0 Å². The number of carbonyl (C=O) groups excluding carboxylic acids is 1. The van der Waals surface area contributed by atoms with Crippen LogP contribution < -0.4 is 10.8 Å². The SMILES string of the molecule is C/C(=C\C(=O)NO)c1ccc(CNCCc2ccc3[nH]ccc3c2)cc1. The van der Waals surface area contributed by atoms with Crippen LogP contribution in [0.4, 0.5) is 0 Å². The maximum absolute atomic E-state index is 11.2. The van der Waals surface area contributed by atoms with E-state index in [9.17, 15) is 4.79 Å². The molecular formula is C21H23N3O2. The van der Waals surface area contributed by atoms with E-state index in [4.69, 9.17) is 5.21 Å². The van der Waals surface area contributed by atoms with Gasteiger partial charge in [-0.15, -0.1) is 0 Å². The van der Waals surface area contributed by atoms with Gasteiger partial charge in [-0.25, -0.2) is 5.48 Å². The van der Waals surface area contributed by atoms with Crippen LogP contribution in [-0.4, -0.2) is 22.6 Å². The molecule has 0 fully saturated rings. The lowest BCUT2D eigenvalue weighted by Crippen LogP contribution is -2.16. The summed E-state index contributed by atoms with van der Waals surface area (Å²) >= 11 is 0. The fraction of sp³-hybridized carbons (Fsp3) is 0.190. The van der Waals surface area contributed by atoms with Crippen molar-refractivity contribution >= 4 is 22.4 Å². The van der Waals surface area contributed by atoms with Gasteiger partial charge < -0.3 is 10.3 Å². The average molecular weight is 349 g/mol. The zero-order valence-electron chi connectivity index (χ0n) is 14.8. The topological polar surface area (TPSA) is 77.2 Å². The summed E-state index contributed by atoms with van der Waals surface area (Å²) < 4.78 is 0. The van der Waals surface area contributed by atoms with E-state index in [1.54, 1.807) is 5.48 Å². The van der Waals surface area contributed by atoms with Gasteiger partial charge in [0.2, 0.25) is 0 Å². The van der Waals surface area contributed by atoms with Crippen LogP contribution >= 0.6 is 0 Å². The van der Waals surface area contributed by atoms with Gasteiger partial charge in [0.05, 0.1) is 0 Å². The largest absolute Gasteiger partial charge is 0.361 e. The summed E-state index contributed by atoms with van der Waals surface area (Å²) in [4.78, 5) is 14.4. The summed E-state index contributed by atoms with van der Waals surface area (Å²) in [6, 6.07) is 16.6. The van der Waals surface area contributed by atoms with Crippen LogP contribution in [0.5, 0.6) is 0 Å². The molecule has 134 valence electrons. The van der Waals surface area contributed by atoms with Crippen molar-refractivity contribution in [2.45, 2.75) is 19.9 Å².